The van der Waals surface area contributed by atoms with Gasteiger partial charge < -0.3 is 5.73 Å². The summed E-state index contributed by atoms with van der Waals surface area (Å²) in [7, 11) is 0. The molecule has 70 valence electrons. The molecule has 1 unspecified atom stereocenters. The first-order chi connectivity index (χ1) is 6.11. The van der Waals surface area contributed by atoms with Gasteiger partial charge in [0.05, 0.1) is 4.83 Å². The summed E-state index contributed by atoms with van der Waals surface area (Å²) in [5.41, 5.74) is 6.29. The highest BCUT2D eigenvalue weighted by molar-refractivity contribution is 14.1. The number of alkyl halides is 1. The van der Waals surface area contributed by atoms with Gasteiger partial charge in [-0.1, -0.05) is 34.1 Å². The van der Waals surface area contributed by atoms with Crippen LogP contribution >= 0.6 is 38.5 Å². The molecule has 2 nitrogen and oxygen atoms in total. The third-order valence-corrected chi connectivity index (χ3v) is 3.49. The number of hydrogen-bond donors (Lipinski definition) is 1. The summed E-state index contributed by atoms with van der Waals surface area (Å²) in [6.45, 7) is 0. The zero-order chi connectivity index (χ0) is 9.84. The van der Waals surface area contributed by atoms with E-state index >= 15 is 0 Å². The minimum absolute atomic E-state index is 0.275. The van der Waals surface area contributed by atoms with Gasteiger partial charge in [0, 0.05) is 3.57 Å². The Morgan fingerprint density at radius 1 is 1.54 bits per heavy atom. The topological polar surface area (TPSA) is 43.1 Å². The minimum Gasteiger partial charge on any atom is -0.369 e. The van der Waals surface area contributed by atoms with E-state index in [0.717, 1.165) is 9.13 Å². The lowest BCUT2D eigenvalue weighted by molar-refractivity contribution is -0.117. The normalized spacial score (nSPS) is 12.5. The summed E-state index contributed by atoms with van der Waals surface area (Å²) >= 11 is 5.48. The van der Waals surface area contributed by atoms with Crippen molar-refractivity contribution in [3.05, 3.63) is 33.4 Å². The maximum absolute atomic E-state index is 10.8. The van der Waals surface area contributed by atoms with Crippen molar-refractivity contribution in [3.63, 3.8) is 0 Å². The van der Waals surface area contributed by atoms with Gasteiger partial charge in [0.25, 0.3) is 0 Å². The lowest BCUT2D eigenvalue weighted by Gasteiger charge is -2.06. The molecule has 1 aromatic rings. The van der Waals surface area contributed by atoms with Crippen LogP contribution in [0.3, 0.4) is 0 Å². The van der Waals surface area contributed by atoms with Crippen molar-refractivity contribution in [2.45, 2.75) is 11.2 Å². The van der Waals surface area contributed by atoms with Crippen molar-refractivity contribution >= 4 is 44.4 Å². The Morgan fingerprint density at radius 2 is 2.15 bits per heavy atom. The second-order valence-corrected chi connectivity index (χ2v) is 4.93. The fourth-order valence-electron chi connectivity index (χ4n) is 0.958. The van der Waals surface area contributed by atoms with Gasteiger partial charge in [-0.05, 0) is 40.6 Å². The molecule has 4 heteroatoms. The van der Waals surface area contributed by atoms with Crippen molar-refractivity contribution in [1.82, 2.24) is 0 Å². The fourth-order valence-corrected chi connectivity index (χ4v) is 1.91. The fraction of sp³-hybridized carbons (Fsp3) is 0.222. The zero-order valence-electron chi connectivity index (χ0n) is 6.84. The Labute approximate surface area is 99.2 Å². The Bertz CT molecular complexity index is 316. The van der Waals surface area contributed by atoms with Gasteiger partial charge in [-0.3, -0.25) is 4.79 Å². The lowest BCUT2D eigenvalue weighted by Crippen LogP contribution is -2.25. The summed E-state index contributed by atoms with van der Waals surface area (Å²) in [5, 5.41) is 0. The van der Waals surface area contributed by atoms with Crippen molar-refractivity contribution in [1.29, 1.82) is 0 Å². The minimum atomic E-state index is -0.320. The van der Waals surface area contributed by atoms with Gasteiger partial charge in [-0.15, -0.1) is 0 Å². The van der Waals surface area contributed by atoms with Crippen LogP contribution in [-0.4, -0.2) is 10.7 Å². The van der Waals surface area contributed by atoms with E-state index in [1.54, 1.807) is 0 Å². The molecule has 0 aliphatic carbocycles. The zero-order valence-corrected chi connectivity index (χ0v) is 10.6. The predicted molar refractivity (Wildman–Crippen MR) is 64.8 cm³/mol. The number of nitrogens with two attached hydrogens (primary N) is 1. The van der Waals surface area contributed by atoms with Gasteiger partial charge in [0.1, 0.15) is 0 Å². The number of carbonyl (C=O) groups is 1. The maximum Gasteiger partial charge on any atom is 0.231 e. The van der Waals surface area contributed by atoms with Crippen LogP contribution in [0, 0.1) is 3.57 Å². The molecule has 2 N–H and O–H groups in total. The molecule has 0 fully saturated rings. The highest BCUT2D eigenvalue weighted by Gasteiger charge is 2.12. The average molecular weight is 354 g/mol. The quantitative estimate of drug-likeness (QED) is 0.656. The molecule has 13 heavy (non-hydrogen) atoms. The first kappa shape index (κ1) is 11.0. The van der Waals surface area contributed by atoms with Crippen molar-refractivity contribution in [2.75, 3.05) is 0 Å². The summed E-state index contributed by atoms with van der Waals surface area (Å²) in [5.74, 6) is -0.320. The molecule has 0 radical (unpaired) electrons. The standard InChI is InChI=1S/C9H9BrINO/c10-7(9(12)13)5-6-3-1-2-4-8(6)11/h1-4,7H,5H2,(H2,12,13). The van der Waals surface area contributed by atoms with Gasteiger partial charge in [0.2, 0.25) is 5.91 Å². The largest absolute Gasteiger partial charge is 0.369 e. The maximum atomic E-state index is 10.8. The van der Waals surface area contributed by atoms with E-state index in [9.17, 15) is 4.79 Å². The summed E-state index contributed by atoms with van der Waals surface area (Å²) in [6.07, 6.45) is 0.647. The number of carbonyl (C=O) groups excluding carboxylic acids is 1. The third-order valence-electron chi connectivity index (χ3n) is 1.67. The van der Waals surface area contributed by atoms with Gasteiger partial charge in [-0.2, -0.15) is 0 Å². The molecule has 0 aliphatic heterocycles. The second kappa shape index (κ2) is 4.95. The Morgan fingerprint density at radius 3 is 2.69 bits per heavy atom. The molecular weight excluding hydrogens is 345 g/mol. The highest BCUT2D eigenvalue weighted by atomic mass is 127. The van der Waals surface area contributed by atoms with Crippen LogP contribution in [0.15, 0.2) is 24.3 Å². The van der Waals surface area contributed by atoms with Crippen LogP contribution < -0.4 is 5.73 Å². The molecule has 0 aliphatic rings. The van der Waals surface area contributed by atoms with Gasteiger partial charge in [-0.25, -0.2) is 0 Å². The summed E-state index contributed by atoms with van der Waals surface area (Å²) in [4.78, 5) is 10.5. The van der Waals surface area contributed by atoms with Crippen LogP contribution in [0.5, 0.6) is 0 Å². The van der Waals surface area contributed by atoms with Gasteiger partial charge >= 0.3 is 0 Å². The summed E-state index contributed by atoms with van der Waals surface area (Å²) < 4.78 is 1.16. The number of halogens is 2. The number of amides is 1. The van der Waals surface area contributed by atoms with Crippen molar-refractivity contribution in [2.24, 2.45) is 5.73 Å². The lowest BCUT2D eigenvalue weighted by atomic mass is 10.1. The average Bonchev–Trinajstić information content (AvgIpc) is 2.08. The monoisotopic (exact) mass is 353 g/mol. The van der Waals surface area contributed by atoms with Crippen LogP contribution in [0.2, 0.25) is 0 Å². The molecule has 0 heterocycles. The Balaban J connectivity index is 2.74. The van der Waals surface area contributed by atoms with Crippen LogP contribution in [0.1, 0.15) is 5.56 Å². The molecule has 0 saturated heterocycles. The molecule has 1 aromatic carbocycles. The van der Waals surface area contributed by atoms with E-state index in [1.165, 1.54) is 0 Å². The molecule has 0 spiro atoms. The SMILES string of the molecule is NC(=O)C(Br)Cc1ccccc1I. The first-order valence-corrected chi connectivity index (χ1v) is 5.77. The van der Waals surface area contributed by atoms with E-state index in [0.29, 0.717) is 6.42 Å². The number of rotatable bonds is 3. The van der Waals surface area contributed by atoms with E-state index in [2.05, 4.69) is 38.5 Å². The molecule has 1 atom stereocenters. The number of benzene rings is 1. The van der Waals surface area contributed by atoms with Crippen molar-refractivity contribution < 1.29 is 4.79 Å². The molecule has 0 aromatic heterocycles. The first-order valence-electron chi connectivity index (χ1n) is 3.78. The molecule has 0 saturated carbocycles. The number of hydrogen-bond acceptors (Lipinski definition) is 1. The smallest absolute Gasteiger partial charge is 0.231 e. The predicted octanol–water partition coefficient (Wildman–Crippen LogP) is 2.08. The van der Waals surface area contributed by atoms with Crippen molar-refractivity contribution in [3.8, 4) is 0 Å². The molecular formula is C9H9BrINO. The molecule has 0 bridgehead atoms. The highest BCUT2D eigenvalue weighted by Crippen LogP contribution is 2.16. The molecule has 1 rings (SSSR count). The van der Waals surface area contributed by atoms with E-state index in [-0.39, 0.29) is 10.7 Å². The van der Waals surface area contributed by atoms with Gasteiger partial charge in [0.15, 0.2) is 0 Å². The van der Waals surface area contributed by atoms with E-state index in [4.69, 9.17) is 5.73 Å². The Hall–Kier alpha value is -0.100. The van der Waals surface area contributed by atoms with Crippen LogP contribution in [0.4, 0.5) is 0 Å². The van der Waals surface area contributed by atoms with Crippen LogP contribution in [-0.2, 0) is 11.2 Å². The van der Waals surface area contributed by atoms with E-state index in [1.807, 2.05) is 24.3 Å². The van der Waals surface area contributed by atoms with Crippen LogP contribution in [0.25, 0.3) is 0 Å². The summed E-state index contributed by atoms with van der Waals surface area (Å²) in [6, 6.07) is 7.94. The molecule has 1 amide bonds. The third kappa shape index (κ3) is 3.27. The second-order valence-electron chi connectivity index (χ2n) is 2.67. The number of primary amides is 1. The van der Waals surface area contributed by atoms with E-state index < -0.39 is 0 Å². The Kier molecular flexibility index (Phi) is 4.18.